The molecule has 8 nitrogen and oxygen atoms in total. The van der Waals surface area contributed by atoms with Gasteiger partial charge in [-0.2, -0.15) is 0 Å². The number of urea groups is 1. The molecule has 2 unspecified atom stereocenters. The third-order valence-electron chi connectivity index (χ3n) is 2.70. The number of nitrogens with two attached hydrogens (primary N) is 1. The highest BCUT2D eigenvalue weighted by Gasteiger charge is 2.27. The average molecular weight is 289 g/mol. The largest absolute Gasteiger partial charge is 0.480 e. The number of hydrogen-bond acceptors (Lipinski definition) is 4. The van der Waals surface area contributed by atoms with E-state index in [1.807, 2.05) is 0 Å². The lowest BCUT2D eigenvalue weighted by Crippen LogP contribution is -2.54. The zero-order valence-corrected chi connectivity index (χ0v) is 12.0. The maximum Gasteiger partial charge on any atom is 0.326 e. The van der Waals surface area contributed by atoms with Crippen LogP contribution in [0.4, 0.5) is 4.79 Å². The molecule has 0 aromatic heterocycles. The van der Waals surface area contributed by atoms with Crippen LogP contribution in [0.3, 0.4) is 0 Å². The Balaban J connectivity index is 4.61. The SMILES string of the molecule is COCCCC(NC(=O)C(NC(N)=O)C(C)C)C(=O)O. The van der Waals surface area contributed by atoms with Crippen molar-refractivity contribution in [2.45, 2.75) is 38.8 Å². The van der Waals surface area contributed by atoms with Crippen LogP contribution in [0.1, 0.15) is 26.7 Å². The molecule has 0 radical (unpaired) electrons. The number of hydrogen-bond donors (Lipinski definition) is 4. The zero-order chi connectivity index (χ0) is 15.7. The highest BCUT2D eigenvalue weighted by Crippen LogP contribution is 2.04. The van der Waals surface area contributed by atoms with Crippen LogP contribution in [-0.2, 0) is 14.3 Å². The van der Waals surface area contributed by atoms with E-state index < -0.39 is 30.0 Å². The van der Waals surface area contributed by atoms with Crippen LogP contribution in [0.2, 0.25) is 0 Å². The lowest BCUT2D eigenvalue weighted by atomic mass is 10.0. The van der Waals surface area contributed by atoms with E-state index >= 15 is 0 Å². The number of carbonyl (C=O) groups is 3. The van der Waals surface area contributed by atoms with Gasteiger partial charge in [0, 0.05) is 13.7 Å². The van der Waals surface area contributed by atoms with Crippen molar-refractivity contribution in [3.05, 3.63) is 0 Å². The number of rotatable bonds is 9. The molecule has 0 aliphatic heterocycles. The first-order chi connectivity index (χ1) is 9.29. The molecule has 5 N–H and O–H groups in total. The Morgan fingerprint density at radius 2 is 1.85 bits per heavy atom. The van der Waals surface area contributed by atoms with Gasteiger partial charge in [-0.25, -0.2) is 9.59 Å². The van der Waals surface area contributed by atoms with E-state index in [9.17, 15) is 14.4 Å². The molecule has 0 spiro atoms. The molecule has 0 saturated heterocycles. The van der Waals surface area contributed by atoms with Crippen molar-refractivity contribution in [2.75, 3.05) is 13.7 Å². The molecule has 20 heavy (non-hydrogen) atoms. The molecule has 116 valence electrons. The number of carboxylic acids is 1. The zero-order valence-electron chi connectivity index (χ0n) is 12.0. The molecule has 2 atom stereocenters. The van der Waals surface area contributed by atoms with Crippen molar-refractivity contribution in [3.63, 3.8) is 0 Å². The Hall–Kier alpha value is -1.83. The summed E-state index contributed by atoms with van der Waals surface area (Å²) in [6, 6.07) is -2.71. The van der Waals surface area contributed by atoms with E-state index in [0.29, 0.717) is 13.0 Å². The van der Waals surface area contributed by atoms with E-state index in [2.05, 4.69) is 10.6 Å². The number of aliphatic carboxylic acids is 1. The summed E-state index contributed by atoms with van der Waals surface area (Å²) in [6.45, 7) is 3.86. The standard InChI is InChI=1S/C12H23N3O5/c1-7(2)9(15-12(13)19)10(16)14-8(11(17)18)5-4-6-20-3/h7-9H,4-6H2,1-3H3,(H,14,16)(H,17,18)(H3,13,15,19). The topological polar surface area (TPSA) is 131 Å². The van der Waals surface area contributed by atoms with Crippen LogP contribution in [-0.4, -0.2) is 48.8 Å². The molecule has 0 aromatic carbocycles. The van der Waals surface area contributed by atoms with Crippen LogP contribution in [0.15, 0.2) is 0 Å². The lowest BCUT2D eigenvalue weighted by Gasteiger charge is -2.23. The maximum absolute atomic E-state index is 12.0. The highest BCUT2D eigenvalue weighted by molar-refractivity contribution is 5.89. The predicted octanol–water partition coefficient (Wildman–Crippen LogP) is -0.325. The first-order valence-electron chi connectivity index (χ1n) is 6.37. The van der Waals surface area contributed by atoms with Gasteiger partial charge < -0.3 is 26.2 Å². The highest BCUT2D eigenvalue weighted by atomic mass is 16.5. The van der Waals surface area contributed by atoms with Crippen LogP contribution < -0.4 is 16.4 Å². The number of carboxylic acid groups (broad SMARTS) is 1. The number of methoxy groups -OCH3 is 1. The normalized spacial score (nSPS) is 13.6. The number of nitrogens with one attached hydrogen (secondary N) is 2. The van der Waals surface area contributed by atoms with E-state index in [1.165, 1.54) is 7.11 Å². The van der Waals surface area contributed by atoms with Gasteiger partial charge >= 0.3 is 12.0 Å². The van der Waals surface area contributed by atoms with Gasteiger partial charge in [-0.15, -0.1) is 0 Å². The summed E-state index contributed by atoms with van der Waals surface area (Å²) >= 11 is 0. The molecule has 0 aliphatic carbocycles. The molecule has 0 bridgehead atoms. The summed E-state index contributed by atoms with van der Waals surface area (Å²) < 4.78 is 4.84. The number of primary amides is 1. The monoisotopic (exact) mass is 289 g/mol. The van der Waals surface area contributed by atoms with Crippen molar-refractivity contribution < 1.29 is 24.2 Å². The van der Waals surface area contributed by atoms with Crippen LogP contribution >= 0.6 is 0 Å². The first kappa shape index (κ1) is 18.2. The second kappa shape index (κ2) is 9.13. The van der Waals surface area contributed by atoms with Crippen molar-refractivity contribution >= 4 is 17.9 Å². The van der Waals surface area contributed by atoms with Gasteiger partial charge in [-0.05, 0) is 18.8 Å². The van der Waals surface area contributed by atoms with Crippen molar-refractivity contribution in [3.8, 4) is 0 Å². The molecule has 8 heteroatoms. The van der Waals surface area contributed by atoms with Crippen molar-refractivity contribution in [1.29, 1.82) is 0 Å². The van der Waals surface area contributed by atoms with Crippen LogP contribution in [0.5, 0.6) is 0 Å². The molecule has 0 aliphatic rings. The third-order valence-corrected chi connectivity index (χ3v) is 2.70. The molecule has 0 heterocycles. The van der Waals surface area contributed by atoms with Crippen LogP contribution in [0, 0.1) is 5.92 Å². The van der Waals surface area contributed by atoms with Gasteiger partial charge in [-0.1, -0.05) is 13.8 Å². The number of ether oxygens (including phenoxy) is 1. The summed E-state index contributed by atoms with van der Waals surface area (Å²) in [5.74, 6) is -1.91. The van der Waals surface area contributed by atoms with Gasteiger partial charge in [0.25, 0.3) is 0 Å². The van der Waals surface area contributed by atoms with Crippen LogP contribution in [0.25, 0.3) is 0 Å². The third kappa shape index (κ3) is 6.93. The molecular weight excluding hydrogens is 266 g/mol. The Kier molecular flexibility index (Phi) is 8.30. The fourth-order valence-corrected chi connectivity index (χ4v) is 1.64. The Morgan fingerprint density at radius 1 is 1.25 bits per heavy atom. The van der Waals surface area contributed by atoms with E-state index in [1.54, 1.807) is 13.8 Å². The van der Waals surface area contributed by atoms with E-state index in [0.717, 1.165) is 0 Å². The number of amides is 3. The quantitative estimate of drug-likeness (QED) is 0.432. The van der Waals surface area contributed by atoms with Gasteiger partial charge in [0.15, 0.2) is 0 Å². The van der Waals surface area contributed by atoms with E-state index in [-0.39, 0.29) is 12.3 Å². The van der Waals surface area contributed by atoms with Gasteiger partial charge in [0.05, 0.1) is 0 Å². The average Bonchev–Trinajstić information content (AvgIpc) is 2.33. The fourth-order valence-electron chi connectivity index (χ4n) is 1.64. The molecule has 0 saturated carbocycles. The Labute approximate surface area is 118 Å². The predicted molar refractivity (Wildman–Crippen MR) is 72.0 cm³/mol. The maximum atomic E-state index is 12.0. The first-order valence-corrected chi connectivity index (χ1v) is 6.37. The second-order valence-electron chi connectivity index (χ2n) is 4.76. The minimum atomic E-state index is -1.13. The van der Waals surface area contributed by atoms with Crippen molar-refractivity contribution in [1.82, 2.24) is 10.6 Å². The molecule has 0 fully saturated rings. The Bertz CT molecular complexity index is 346. The minimum Gasteiger partial charge on any atom is -0.480 e. The summed E-state index contributed by atoms with van der Waals surface area (Å²) in [4.78, 5) is 33.9. The molecule has 3 amide bonds. The second-order valence-corrected chi connectivity index (χ2v) is 4.76. The summed E-state index contributed by atoms with van der Waals surface area (Å²) in [5, 5.41) is 13.8. The molecular formula is C12H23N3O5. The minimum absolute atomic E-state index is 0.212. The van der Waals surface area contributed by atoms with Crippen molar-refractivity contribution in [2.24, 2.45) is 11.7 Å². The van der Waals surface area contributed by atoms with Gasteiger partial charge in [-0.3, -0.25) is 4.79 Å². The summed E-state index contributed by atoms with van der Waals surface area (Å²) in [5.41, 5.74) is 4.99. The van der Waals surface area contributed by atoms with E-state index in [4.69, 9.17) is 15.6 Å². The Morgan fingerprint density at radius 3 is 2.25 bits per heavy atom. The summed E-state index contributed by atoms with van der Waals surface area (Å²) in [6.07, 6.45) is 0.750. The molecule has 0 aromatic rings. The fraction of sp³-hybridized carbons (Fsp3) is 0.750. The summed E-state index contributed by atoms with van der Waals surface area (Å²) in [7, 11) is 1.51. The lowest BCUT2D eigenvalue weighted by molar-refractivity contribution is -0.142. The van der Waals surface area contributed by atoms with Gasteiger partial charge in [0.2, 0.25) is 5.91 Å². The molecule has 0 rings (SSSR count). The number of carbonyl (C=O) groups excluding carboxylic acids is 2. The van der Waals surface area contributed by atoms with Gasteiger partial charge in [0.1, 0.15) is 12.1 Å². The smallest absolute Gasteiger partial charge is 0.326 e.